The lowest BCUT2D eigenvalue weighted by atomic mass is 10.2. The van der Waals surface area contributed by atoms with Gasteiger partial charge in [-0.25, -0.2) is 4.90 Å². The monoisotopic (exact) mass is 402 g/mol. The lowest BCUT2D eigenvalue weighted by molar-refractivity contribution is -0.121. The number of rotatable bonds is 3. The van der Waals surface area contributed by atoms with Crippen molar-refractivity contribution >= 4 is 69.6 Å². The number of nitrogens with zero attached hydrogens (tertiary/aromatic N) is 1. The Morgan fingerprint density at radius 3 is 2.33 bits per heavy atom. The van der Waals surface area contributed by atoms with Crippen LogP contribution in [0.1, 0.15) is 6.42 Å². The Balaban J connectivity index is 1.84. The van der Waals surface area contributed by atoms with Crippen LogP contribution in [0.2, 0.25) is 20.1 Å². The summed E-state index contributed by atoms with van der Waals surface area (Å²) < 4.78 is 0. The molecule has 0 unspecified atom stereocenters. The third-order valence-corrected chi connectivity index (χ3v) is 4.86. The highest BCUT2D eigenvalue weighted by molar-refractivity contribution is 6.42. The highest BCUT2D eigenvalue weighted by atomic mass is 35.5. The minimum Gasteiger partial charge on any atom is -0.372 e. The fraction of sp³-hybridized carbons (Fsp3) is 0.125. The minimum absolute atomic E-state index is 0.0119. The third kappa shape index (κ3) is 3.33. The number of carbonyl (C=O) groups is 2. The van der Waals surface area contributed by atoms with Crippen molar-refractivity contribution < 1.29 is 9.59 Å². The molecule has 2 aromatic carbocycles. The van der Waals surface area contributed by atoms with Crippen LogP contribution in [0, 0.1) is 0 Å². The van der Waals surface area contributed by atoms with Gasteiger partial charge in [0, 0.05) is 5.02 Å². The molecule has 0 radical (unpaired) electrons. The minimum atomic E-state index is -0.717. The van der Waals surface area contributed by atoms with Gasteiger partial charge < -0.3 is 5.32 Å². The molecule has 3 rings (SSSR count). The zero-order valence-corrected chi connectivity index (χ0v) is 15.0. The van der Waals surface area contributed by atoms with Crippen LogP contribution in [0.5, 0.6) is 0 Å². The van der Waals surface area contributed by atoms with Crippen molar-refractivity contribution in [3.63, 3.8) is 0 Å². The van der Waals surface area contributed by atoms with Crippen molar-refractivity contribution in [2.45, 2.75) is 12.5 Å². The molecule has 1 aliphatic rings. The second-order valence-electron chi connectivity index (χ2n) is 5.19. The Morgan fingerprint density at radius 2 is 1.67 bits per heavy atom. The van der Waals surface area contributed by atoms with Crippen molar-refractivity contribution in [2.75, 3.05) is 10.2 Å². The van der Waals surface area contributed by atoms with E-state index in [1.807, 2.05) is 0 Å². The molecular weight excluding hydrogens is 394 g/mol. The molecule has 4 nitrogen and oxygen atoms in total. The predicted octanol–water partition coefficient (Wildman–Crippen LogP) is 5.04. The number of imide groups is 1. The van der Waals surface area contributed by atoms with Crippen LogP contribution in [0.3, 0.4) is 0 Å². The van der Waals surface area contributed by atoms with Crippen molar-refractivity contribution in [2.24, 2.45) is 0 Å². The van der Waals surface area contributed by atoms with E-state index < -0.39 is 6.04 Å². The molecule has 0 saturated carbocycles. The standard InChI is InChI=1S/C16H10Cl4N2O2/c17-8-1-4-13(12(20)5-8)21-14-7-15(23)22(16(14)24)9-2-3-10(18)11(19)6-9/h1-6,14,21H,7H2/t14-/m1/s1. The van der Waals surface area contributed by atoms with Crippen LogP contribution in [-0.2, 0) is 9.59 Å². The van der Waals surface area contributed by atoms with Gasteiger partial charge in [0.1, 0.15) is 6.04 Å². The molecule has 24 heavy (non-hydrogen) atoms. The fourth-order valence-electron chi connectivity index (χ4n) is 2.43. The molecule has 1 heterocycles. The van der Waals surface area contributed by atoms with Gasteiger partial charge in [-0.3, -0.25) is 9.59 Å². The molecule has 1 fully saturated rings. The maximum Gasteiger partial charge on any atom is 0.256 e. The summed E-state index contributed by atoms with van der Waals surface area (Å²) in [5.41, 5.74) is 0.911. The first-order valence-electron chi connectivity index (χ1n) is 6.90. The van der Waals surface area contributed by atoms with E-state index in [-0.39, 0.29) is 23.3 Å². The van der Waals surface area contributed by atoms with Crippen LogP contribution < -0.4 is 10.2 Å². The van der Waals surface area contributed by atoms with Crippen LogP contribution in [0.15, 0.2) is 36.4 Å². The molecule has 2 aromatic rings. The van der Waals surface area contributed by atoms with Crippen molar-refractivity contribution in [1.82, 2.24) is 0 Å². The summed E-state index contributed by atoms with van der Waals surface area (Å²) in [5, 5.41) is 4.45. The lowest BCUT2D eigenvalue weighted by Gasteiger charge is -2.17. The molecule has 1 N–H and O–H groups in total. The van der Waals surface area contributed by atoms with E-state index in [1.54, 1.807) is 24.3 Å². The molecule has 1 aliphatic heterocycles. The molecular formula is C16H10Cl4N2O2. The quantitative estimate of drug-likeness (QED) is 0.730. The van der Waals surface area contributed by atoms with Gasteiger partial charge in [-0.1, -0.05) is 46.4 Å². The number of hydrogen-bond acceptors (Lipinski definition) is 3. The molecule has 0 aliphatic carbocycles. The smallest absolute Gasteiger partial charge is 0.256 e. The molecule has 0 aromatic heterocycles. The summed E-state index contributed by atoms with van der Waals surface area (Å²) in [6, 6.07) is 8.74. The number of nitrogens with one attached hydrogen (secondary N) is 1. The lowest BCUT2D eigenvalue weighted by Crippen LogP contribution is -2.34. The largest absolute Gasteiger partial charge is 0.372 e. The topological polar surface area (TPSA) is 49.4 Å². The van der Waals surface area contributed by atoms with Gasteiger partial charge in [0.15, 0.2) is 0 Å². The Bertz CT molecular complexity index is 841. The van der Waals surface area contributed by atoms with E-state index in [1.165, 1.54) is 12.1 Å². The average molecular weight is 404 g/mol. The van der Waals surface area contributed by atoms with E-state index >= 15 is 0 Å². The summed E-state index contributed by atoms with van der Waals surface area (Å²) >= 11 is 23.8. The molecule has 0 spiro atoms. The molecule has 2 amide bonds. The van der Waals surface area contributed by atoms with Gasteiger partial charge >= 0.3 is 0 Å². The van der Waals surface area contributed by atoms with E-state index in [2.05, 4.69) is 5.32 Å². The van der Waals surface area contributed by atoms with E-state index in [4.69, 9.17) is 46.4 Å². The van der Waals surface area contributed by atoms with Gasteiger partial charge in [0.05, 0.1) is 32.9 Å². The first-order chi connectivity index (χ1) is 11.4. The second-order valence-corrected chi connectivity index (χ2v) is 6.85. The van der Waals surface area contributed by atoms with Gasteiger partial charge in [-0.05, 0) is 36.4 Å². The van der Waals surface area contributed by atoms with Gasteiger partial charge in [-0.15, -0.1) is 0 Å². The Labute approximate surface area is 158 Å². The summed E-state index contributed by atoms with van der Waals surface area (Å²) in [4.78, 5) is 25.9. The number of carbonyl (C=O) groups excluding carboxylic acids is 2. The van der Waals surface area contributed by atoms with Crippen LogP contribution in [0.4, 0.5) is 11.4 Å². The molecule has 124 valence electrons. The molecule has 1 saturated heterocycles. The van der Waals surface area contributed by atoms with E-state index in [0.717, 1.165) is 4.90 Å². The highest BCUT2D eigenvalue weighted by Crippen LogP contribution is 2.32. The van der Waals surface area contributed by atoms with Gasteiger partial charge in [0.2, 0.25) is 5.91 Å². The summed E-state index contributed by atoms with van der Waals surface area (Å²) in [6.07, 6.45) is 0.0119. The number of anilines is 2. The average Bonchev–Trinajstić information content (AvgIpc) is 2.79. The normalized spacial score (nSPS) is 17.5. The van der Waals surface area contributed by atoms with Crippen LogP contribution >= 0.6 is 46.4 Å². The van der Waals surface area contributed by atoms with Gasteiger partial charge in [-0.2, -0.15) is 0 Å². The second kappa shape index (κ2) is 6.81. The Hall–Kier alpha value is -1.46. The Morgan fingerprint density at radius 1 is 0.917 bits per heavy atom. The maximum atomic E-state index is 12.6. The van der Waals surface area contributed by atoms with Crippen molar-refractivity contribution in [1.29, 1.82) is 0 Å². The summed E-state index contributed by atoms with van der Waals surface area (Å²) in [6.45, 7) is 0. The molecule has 1 atom stereocenters. The van der Waals surface area contributed by atoms with Gasteiger partial charge in [0.25, 0.3) is 5.91 Å². The van der Waals surface area contributed by atoms with Crippen molar-refractivity contribution in [3.05, 3.63) is 56.5 Å². The number of amides is 2. The molecule has 8 heteroatoms. The van der Waals surface area contributed by atoms with Crippen molar-refractivity contribution in [3.8, 4) is 0 Å². The van der Waals surface area contributed by atoms with E-state index in [9.17, 15) is 9.59 Å². The Kier molecular flexibility index (Phi) is 4.92. The summed E-state index contributed by atoms with van der Waals surface area (Å²) in [5.74, 6) is -0.717. The SMILES string of the molecule is O=C1C[C@@H](Nc2ccc(Cl)cc2Cl)C(=O)N1c1ccc(Cl)c(Cl)c1. The number of hydrogen-bond donors (Lipinski definition) is 1. The zero-order chi connectivity index (χ0) is 17.4. The number of benzene rings is 2. The van der Waals surface area contributed by atoms with Crippen LogP contribution in [-0.4, -0.2) is 17.9 Å². The summed E-state index contributed by atoms with van der Waals surface area (Å²) in [7, 11) is 0. The zero-order valence-electron chi connectivity index (χ0n) is 12.0. The van der Waals surface area contributed by atoms with E-state index in [0.29, 0.717) is 26.4 Å². The first kappa shape index (κ1) is 17.4. The van der Waals surface area contributed by atoms with Crippen LogP contribution in [0.25, 0.3) is 0 Å². The highest BCUT2D eigenvalue weighted by Gasteiger charge is 2.39. The predicted molar refractivity (Wildman–Crippen MR) is 97.4 cm³/mol. The molecule has 0 bridgehead atoms. The first-order valence-corrected chi connectivity index (χ1v) is 8.41. The number of halogens is 4. The maximum absolute atomic E-state index is 12.6. The third-order valence-electron chi connectivity index (χ3n) is 3.57. The fourth-order valence-corrected chi connectivity index (χ4v) is 3.19.